The second kappa shape index (κ2) is 13.4. The third-order valence-electron chi connectivity index (χ3n) is 5.21. The zero-order chi connectivity index (χ0) is 23.0. The van der Waals surface area contributed by atoms with Crippen molar-refractivity contribution in [1.29, 1.82) is 0 Å². The molecule has 32 heavy (non-hydrogen) atoms. The molecule has 3 N–H and O–H groups in total. The maximum atomic E-state index is 11.6. The smallest absolute Gasteiger partial charge is 0.489 e. The van der Waals surface area contributed by atoms with E-state index in [4.69, 9.17) is 4.74 Å². The van der Waals surface area contributed by atoms with Crippen LogP contribution in [0.5, 0.6) is 5.75 Å². The summed E-state index contributed by atoms with van der Waals surface area (Å²) in [4.78, 5) is 41.9. The van der Waals surface area contributed by atoms with Crippen LogP contribution in [-0.2, 0) is 38.0 Å². The Kier molecular flexibility index (Phi) is 11.6. The van der Waals surface area contributed by atoms with E-state index >= 15 is 0 Å². The normalized spacial score (nSPS) is 18.4. The Balaban J connectivity index is 0.00000512. The summed E-state index contributed by atoms with van der Waals surface area (Å²) in [5.41, 5.74) is 0.588. The van der Waals surface area contributed by atoms with Crippen molar-refractivity contribution in [2.75, 3.05) is 19.6 Å². The van der Waals surface area contributed by atoms with Crippen LogP contribution in [0.4, 0.5) is 0 Å². The van der Waals surface area contributed by atoms with Gasteiger partial charge in [-0.05, 0) is 38.8 Å². The molecule has 0 bridgehead atoms. The number of pyridine rings is 1. The Bertz CT molecular complexity index is 762. The Morgan fingerprint density at radius 3 is 2.00 bits per heavy atom. The quantitative estimate of drug-likeness (QED) is 0.368. The molecular formula is C21H31MnN3O7+2. The monoisotopic (exact) mass is 492 g/mol. The second-order valence-corrected chi connectivity index (χ2v) is 8.03. The standard InChI is InChI=1S/C21H31N3O7.Mn/c1-14(2)31-18-8-5-9-22-15(18)10-23(11-19(25)26)16-6-3-4-7-17(16)24(12-20(27)28)13-21(29)30;/h5,8-9,14,16-17H,3-4,6-7,10-13H2,1-2H3,(H,25,26)(H,27,28)(H,29,30);/q;+2/t16-,17?;/m0./s1. The minimum Gasteiger partial charge on any atom is -0.489 e. The van der Waals surface area contributed by atoms with Crippen LogP contribution in [0.25, 0.3) is 0 Å². The van der Waals surface area contributed by atoms with E-state index in [2.05, 4.69) is 4.98 Å². The van der Waals surface area contributed by atoms with Gasteiger partial charge in [-0.25, -0.2) is 0 Å². The number of aromatic nitrogens is 1. The van der Waals surface area contributed by atoms with E-state index in [1.165, 1.54) is 4.90 Å². The molecular weight excluding hydrogens is 461 g/mol. The number of carboxylic acid groups (broad SMARTS) is 3. The van der Waals surface area contributed by atoms with Gasteiger partial charge in [-0.1, -0.05) is 12.8 Å². The maximum Gasteiger partial charge on any atom is 2.00 e. The molecule has 2 rings (SSSR count). The fourth-order valence-electron chi connectivity index (χ4n) is 4.14. The van der Waals surface area contributed by atoms with Crippen LogP contribution in [0.2, 0.25) is 0 Å². The van der Waals surface area contributed by atoms with Crippen LogP contribution >= 0.6 is 0 Å². The molecule has 1 aromatic rings. The number of aliphatic carboxylic acids is 3. The van der Waals surface area contributed by atoms with Gasteiger partial charge in [0.25, 0.3) is 0 Å². The number of ether oxygens (including phenoxy) is 1. The average molecular weight is 492 g/mol. The number of rotatable bonds is 12. The molecule has 0 aliphatic heterocycles. The predicted octanol–water partition coefficient (Wildman–Crippen LogP) is 1.54. The van der Waals surface area contributed by atoms with Gasteiger partial charge in [0.15, 0.2) is 0 Å². The van der Waals surface area contributed by atoms with Crippen LogP contribution in [0.3, 0.4) is 0 Å². The summed E-state index contributed by atoms with van der Waals surface area (Å²) in [5.74, 6) is -2.69. The van der Waals surface area contributed by atoms with E-state index in [1.807, 2.05) is 13.8 Å². The average Bonchev–Trinajstić information content (AvgIpc) is 2.67. The number of nitrogens with zero attached hydrogens (tertiary/aromatic N) is 3. The summed E-state index contributed by atoms with van der Waals surface area (Å²) >= 11 is 0. The van der Waals surface area contributed by atoms with Gasteiger partial charge in [0.05, 0.1) is 31.4 Å². The van der Waals surface area contributed by atoms with Gasteiger partial charge in [-0.2, -0.15) is 0 Å². The van der Waals surface area contributed by atoms with E-state index < -0.39 is 37.0 Å². The van der Waals surface area contributed by atoms with E-state index in [0.717, 1.165) is 12.8 Å². The van der Waals surface area contributed by atoms with Gasteiger partial charge in [0.1, 0.15) is 5.75 Å². The van der Waals surface area contributed by atoms with Crippen molar-refractivity contribution in [3.8, 4) is 5.75 Å². The zero-order valence-electron chi connectivity index (χ0n) is 18.3. The molecule has 0 aromatic carbocycles. The van der Waals surface area contributed by atoms with E-state index in [-0.39, 0.29) is 42.3 Å². The molecule has 1 radical (unpaired) electrons. The zero-order valence-corrected chi connectivity index (χ0v) is 19.5. The first-order chi connectivity index (χ1) is 14.7. The first-order valence-corrected chi connectivity index (χ1v) is 10.4. The molecule has 1 aliphatic carbocycles. The van der Waals surface area contributed by atoms with Gasteiger partial charge in [-0.15, -0.1) is 0 Å². The van der Waals surface area contributed by atoms with Crippen molar-refractivity contribution in [3.63, 3.8) is 0 Å². The van der Waals surface area contributed by atoms with Crippen LogP contribution < -0.4 is 4.74 Å². The summed E-state index contributed by atoms with van der Waals surface area (Å²) in [6.07, 6.45) is 4.44. The third-order valence-corrected chi connectivity index (χ3v) is 5.21. The summed E-state index contributed by atoms with van der Waals surface area (Å²) in [7, 11) is 0. The molecule has 2 atom stereocenters. The Morgan fingerprint density at radius 2 is 1.50 bits per heavy atom. The molecule has 1 heterocycles. The van der Waals surface area contributed by atoms with E-state index in [1.54, 1.807) is 23.2 Å². The van der Waals surface area contributed by atoms with Crippen molar-refractivity contribution in [1.82, 2.24) is 14.8 Å². The fraction of sp³-hybridized carbons (Fsp3) is 0.619. The third kappa shape index (κ3) is 8.74. The van der Waals surface area contributed by atoms with Gasteiger partial charge in [0, 0.05) is 24.8 Å². The van der Waals surface area contributed by atoms with Crippen LogP contribution in [-0.4, -0.2) is 85.8 Å². The minimum atomic E-state index is -1.12. The Labute approximate surface area is 198 Å². The summed E-state index contributed by atoms with van der Waals surface area (Å²) in [5, 5.41) is 28.1. The summed E-state index contributed by atoms with van der Waals surface area (Å²) < 4.78 is 5.82. The van der Waals surface area contributed by atoms with Crippen LogP contribution in [0, 0.1) is 0 Å². The topological polar surface area (TPSA) is 140 Å². The predicted molar refractivity (Wildman–Crippen MR) is 111 cm³/mol. The molecule has 0 saturated heterocycles. The molecule has 1 unspecified atom stereocenters. The first kappa shape index (κ1) is 27.8. The van der Waals surface area contributed by atoms with Gasteiger partial charge in [-0.3, -0.25) is 29.2 Å². The first-order valence-electron chi connectivity index (χ1n) is 10.4. The number of hydrogen-bond donors (Lipinski definition) is 3. The molecule has 1 aliphatic rings. The van der Waals surface area contributed by atoms with E-state index in [9.17, 15) is 29.7 Å². The van der Waals surface area contributed by atoms with Crippen molar-refractivity contribution in [3.05, 3.63) is 24.0 Å². The SMILES string of the molecule is CC(C)Oc1cccnc1CN(CC(=O)O)[C@H]1CCCCC1N(CC(=O)O)CC(=O)O.[Mn+2]. The van der Waals surface area contributed by atoms with Crippen molar-refractivity contribution < 1.29 is 51.5 Å². The van der Waals surface area contributed by atoms with Crippen LogP contribution in [0.1, 0.15) is 45.2 Å². The molecule has 0 amide bonds. The van der Waals surface area contributed by atoms with E-state index in [0.29, 0.717) is 24.3 Å². The van der Waals surface area contributed by atoms with Crippen molar-refractivity contribution in [2.45, 2.75) is 64.3 Å². The summed E-state index contributed by atoms with van der Waals surface area (Å²) in [6.45, 7) is 2.87. The minimum absolute atomic E-state index is 0. The van der Waals surface area contributed by atoms with Gasteiger partial charge < -0.3 is 20.1 Å². The molecule has 1 fully saturated rings. The fourth-order valence-corrected chi connectivity index (χ4v) is 4.14. The maximum absolute atomic E-state index is 11.6. The second-order valence-electron chi connectivity index (χ2n) is 8.03. The van der Waals surface area contributed by atoms with Crippen molar-refractivity contribution in [2.24, 2.45) is 0 Å². The molecule has 10 nitrogen and oxygen atoms in total. The number of hydrogen-bond acceptors (Lipinski definition) is 7. The number of carboxylic acids is 3. The summed E-state index contributed by atoms with van der Waals surface area (Å²) in [6, 6.07) is 2.81. The molecule has 177 valence electrons. The number of carbonyl (C=O) groups is 3. The van der Waals surface area contributed by atoms with Gasteiger partial charge >= 0.3 is 35.0 Å². The molecule has 0 spiro atoms. The molecule has 11 heteroatoms. The van der Waals surface area contributed by atoms with Crippen LogP contribution in [0.15, 0.2) is 18.3 Å². The molecule has 1 aromatic heterocycles. The molecule has 1 saturated carbocycles. The van der Waals surface area contributed by atoms with Crippen molar-refractivity contribution >= 4 is 17.9 Å². The van der Waals surface area contributed by atoms with Gasteiger partial charge in [0.2, 0.25) is 0 Å². The largest absolute Gasteiger partial charge is 2.00 e. The Morgan fingerprint density at radius 1 is 1.00 bits per heavy atom. The Hall–Kier alpha value is -2.20.